The average Bonchev–Trinajstić information content (AvgIpc) is 0.840. The summed E-state index contributed by atoms with van der Waals surface area (Å²) < 4.78 is 21.6. The molecule has 0 fully saturated rings. The standard InChI is InChI=1S/4C21H26N2O3.6NO3.2Pr/c4*1-4-26-16-15-19(20(24)22(2)17-11-7-5-8-12-17)21(25)23(3)18-13-9-6-10-14-18;6*2-1(3)4;;/h4*5-14,19H,4,15-16H2,1-3H3;;;;;;;;/q;;;;6*-1;2*+3. The number of carbonyl (C=O) groups is 8. The van der Waals surface area contributed by atoms with E-state index < -0.39 is 54.2 Å². The number of anilines is 8. The van der Waals surface area contributed by atoms with Crippen molar-refractivity contribution in [1.29, 1.82) is 0 Å². The molecule has 696 valence electrons. The summed E-state index contributed by atoms with van der Waals surface area (Å²) in [7, 11) is 13.6. The van der Waals surface area contributed by atoms with Crippen LogP contribution in [0.4, 0.5) is 45.5 Å². The van der Waals surface area contributed by atoms with Crippen molar-refractivity contribution in [2.75, 3.05) is 148 Å². The number of carbonyl (C=O) groups excluding carboxylic acids is 8. The molecular weight excluding hydrogens is 1970 g/mol. The molecule has 8 aromatic carbocycles. The van der Waals surface area contributed by atoms with Crippen LogP contribution in [0.3, 0.4) is 0 Å². The van der Waals surface area contributed by atoms with Crippen LogP contribution in [0.1, 0.15) is 53.4 Å². The summed E-state index contributed by atoms with van der Waals surface area (Å²) in [6.45, 7) is 11.2. The molecule has 44 nitrogen and oxygen atoms in total. The maximum absolute atomic E-state index is 13.0. The van der Waals surface area contributed by atoms with Gasteiger partial charge in [-0.05, 0) is 150 Å². The van der Waals surface area contributed by atoms with Crippen molar-refractivity contribution in [3.63, 3.8) is 0 Å². The molecule has 0 saturated heterocycles. The van der Waals surface area contributed by atoms with Crippen LogP contribution in [-0.2, 0) is 57.3 Å². The molecule has 0 unspecified atom stereocenters. The molecule has 0 aromatic heterocycles. The molecule has 46 heteroatoms. The fourth-order valence-corrected chi connectivity index (χ4v) is 10.9. The van der Waals surface area contributed by atoms with Gasteiger partial charge in [0.15, 0.2) is 0 Å². The van der Waals surface area contributed by atoms with Gasteiger partial charge in [0.25, 0.3) is 0 Å². The van der Waals surface area contributed by atoms with E-state index in [-0.39, 0.29) is 130 Å². The summed E-state index contributed by atoms with van der Waals surface area (Å²) >= 11 is 0. The number of hydrogen-bond acceptors (Lipinski definition) is 30. The van der Waals surface area contributed by atoms with E-state index in [9.17, 15) is 38.4 Å². The van der Waals surface area contributed by atoms with Crippen LogP contribution >= 0.6 is 0 Å². The largest absolute Gasteiger partial charge is 3.00 e. The second-order valence-corrected chi connectivity index (χ2v) is 25.4. The molecule has 0 heterocycles. The Morgan fingerprint density at radius 2 is 0.300 bits per heavy atom. The van der Waals surface area contributed by atoms with Gasteiger partial charge in [0.1, 0.15) is 23.7 Å². The number of ether oxygens (including phenoxy) is 4. The molecule has 0 aliphatic carbocycles. The summed E-state index contributed by atoms with van der Waals surface area (Å²) in [5, 5.41) is 88.5. The number of rotatable bonds is 32. The normalized spacial score (nSPS) is 9.60. The first-order valence-corrected chi connectivity index (χ1v) is 38.4. The van der Waals surface area contributed by atoms with Crippen molar-refractivity contribution in [2.45, 2.75) is 53.4 Å². The van der Waals surface area contributed by atoms with Gasteiger partial charge in [-0.2, -0.15) is 0 Å². The molecule has 0 saturated carbocycles. The smallest absolute Gasteiger partial charge is 0.382 e. The van der Waals surface area contributed by atoms with Crippen molar-refractivity contribution in [1.82, 2.24) is 0 Å². The second kappa shape index (κ2) is 73.2. The van der Waals surface area contributed by atoms with Crippen LogP contribution in [0.25, 0.3) is 0 Å². The van der Waals surface area contributed by atoms with Gasteiger partial charge in [0.05, 0.1) is 30.5 Å². The Bertz CT molecular complexity index is 3710. The van der Waals surface area contributed by atoms with Crippen molar-refractivity contribution in [3.05, 3.63) is 335 Å². The Morgan fingerprint density at radius 3 is 0.377 bits per heavy atom. The Balaban J connectivity index is -0.000000744. The predicted octanol–water partition coefficient (Wildman–Crippen LogP) is 12.0. The zero-order valence-electron chi connectivity index (χ0n) is 73.6. The van der Waals surface area contributed by atoms with Crippen molar-refractivity contribution >= 4 is 92.8 Å². The molecule has 0 aliphatic heterocycles. The number of para-hydroxylation sites is 8. The predicted molar refractivity (Wildman–Crippen MR) is 479 cm³/mol. The molecule has 0 bridgehead atoms. The Hall–Kier alpha value is -12.7. The Morgan fingerprint density at radius 1 is 0.215 bits per heavy atom. The van der Waals surface area contributed by atoms with E-state index in [1.165, 1.54) is 39.2 Å². The third-order valence-corrected chi connectivity index (χ3v) is 17.2. The summed E-state index contributed by atoms with van der Waals surface area (Å²) in [5.74, 6) is -5.04. The van der Waals surface area contributed by atoms with Crippen LogP contribution in [0.15, 0.2) is 243 Å². The SMILES string of the molecule is CCOCCC(C(=O)N(C)c1ccccc1)C(=O)N(C)c1ccccc1.CCOCCC(C(=O)N(C)c1ccccc1)C(=O)N(C)c1ccccc1.CCOCCC(C(=O)N(C)c1ccccc1)C(=O)N(C)c1ccccc1.CCOCCC(C(=O)N(C)c1ccccc1)C(=O)N(C)c1ccccc1.O=[N+]([O-])[O-].O=[N+]([O-])[O-].O=[N+]([O-])[O-].O=[N+]([O-])[O-].O=[N+]([O-])[O-].O=[N+]([O-])[O-].[Pr+3].[Pr+3]. The molecule has 8 rings (SSSR count). The van der Waals surface area contributed by atoms with E-state index in [1.807, 2.05) is 270 Å². The van der Waals surface area contributed by atoms with E-state index in [1.54, 1.807) is 56.4 Å². The van der Waals surface area contributed by atoms with Gasteiger partial charge in [-0.1, -0.05) is 146 Å². The molecule has 0 radical (unpaired) electrons. The number of nitrogens with zero attached hydrogens (tertiary/aromatic N) is 14. The minimum absolute atomic E-state index is 0. The fourth-order valence-electron chi connectivity index (χ4n) is 10.9. The topological polar surface area (TPSA) is 597 Å². The van der Waals surface area contributed by atoms with Gasteiger partial charge in [-0.15, -0.1) is 0 Å². The summed E-state index contributed by atoms with van der Waals surface area (Å²) in [5.41, 5.74) is 6.07. The van der Waals surface area contributed by atoms with E-state index in [2.05, 4.69) is 0 Å². The van der Waals surface area contributed by atoms with Crippen molar-refractivity contribution < 1.29 is 170 Å². The summed E-state index contributed by atoms with van der Waals surface area (Å²) in [6.07, 6.45) is 1.39. The first kappa shape index (κ1) is 124. The molecule has 130 heavy (non-hydrogen) atoms. The molecule has 0 N–H and O–H groups in total. The minimum Gasteiger partial charge on any atom is -0.382 e. The monoisotopic (exact) mass is 2070 g/mol. The first-order chi connectivity index (χ1) is 60.6. The zero-order valence-corrected chi connectivity index (χ0v) is 81.0. The zero-order chi connectivity index (χ0) is 97.2. The van der Waals surface area contributed by atoms with Gasteiger partial charge in [0.2, 0.25) is 47.3 Å². The summed E-state index contributed by atoms with van der Waals surface area (Å²) in [6, 6.07) is 74.6. The third-order valence-electron chi connectivity index (χ3n) is 17.2. The van der Waals surface area contributed by atoms with Gasteiger partial charge < -0.3 is 150 Å². The molecule has 0 aliphatic rings. The van der Waals surface area contributed by atoms with Gasteiger partial charge in [0, 0.05) is 155 Å². The fraction of sp³-hybridized carbons (Fsp3) is 0.333. The van der Waals surface area contributed by atoms with E-state index in [0.717, 1.165) is 45.5 Å². The van der Waals surface area contributed by atoms with Gasteiger partial charge >= 0.3 is 82.6 Å². The van der Waals surface area contributed by atoms with E-state index in [4.69, 9.17) is 111 Å². The van der Waals surface area contributed by atoms with E-state index >= 15 is 0 Å². The minimum atomic E-state index is -1.75. The molecule has 8 amide bonds. The molecular formula is C84H104N14O30Pr2. The van der Waals surface area contributed by atoms with Gasteiger partial charge in [-0.3, -0.25) is 38.4 Å². The number of hydrogen-bond donors (Lipinski definition) is 0. The Labute approximate surface area is 816 Å². The summed E-state index contributed by atoms with van der Waals surface area (Å²) in [4.78, 5) is 166. The average molecular weight is 2070 g/mol. The number of amides is 8. The Kier molecular flexibility index (Phi) is 69.6. The van der Waals surface area contributed by atoms with Crippen LogP contribution < -0.4 is 39.2 Å². The first-order valence-electron chi connectivity index (χ1n) is 38.4. The van der Waals surface area contributed by atoms with Crippen LogP contribution in [-0.4, -0.2) is 187 Å². The van der Waals surface area contributed by atoms with Crippen molar-refractivity contribution in [2.24, 2.45) is 23.7 Å². The number of benzene rings is 8. The third kappa shape index (κ3) is 53.8. The maximum Gasteiger partial charge on any atom is 3.00 e. The van der Waals surface area contributed by atoms with E-state index in [0.29, 0.717) is 78.5 Å². The molecule has 8 aromatic rings. The van der Waals surface area contributed by atoms with Crippen molar-refractivity contribution in [3.8, 4) is 0 Å². The van der Waals surface area contributed by atoms with Gasteiger partial charge in [-0.25, -0.2) is 0 Å². The quantitative estimate of drug-likeness (QED) is 0.0163. The maximum atomic E-state index is 13.0. The second-order valence-electron chi connectivity index (χ2n) is 25.4. The molecule has 0 spiro atoms. The van der Waals surface area contributed by atoms with Crippen LogP contribution in [0.2, 0.25) is 0 Å². The van der Waals surface area contributed by atoms with Crippen LogP contribution in [0, 0.1) is 198 Å². The van der Waals surface area contributed by atoms with Crippen LogP contribution in [0.5, 0.6) is 0 Å². The molecule has 0 atom stereocenters.